The van der Waals surface area contributed by atoms with E-state index in [1.165, 1.54) is 0 Å². The third-order valence-corrected chi connectivity index (χ3v) is 2.38. The molecule has 0 N–H and O–H groups in total. The standard InChI is InChI=1S/C6H2F6/c7-3-1-2-4(3,8)6(11,12)5(3,9)10/h1-2H. The van der Waals surface area contributed by atoms with Crippen LogP contribution >= 0.6 is 0 Å². The maximum absolute atomic E-state index is 12.7. The van der Waals surface area contributed by atoms with Gasteiger partial charge in [0, 0.05) is 0 Å². The molecule has 1 fully saturated rings. The fourth-order valence-electron chi connectivity index (χ4n) is 1.44. The van der Waals surface area contributed by atoms with Gasteiger partial charge in [0.05, 0.1) is 0 Å². The molecule has 0 aromatic carbocycles. The molecule has 0 aromatic rings. The zero-order valence-electron chi connectivity index (χ0n) is 5.42. The van der Waals surface area contributed by atoms with Gasteiger partial charge in [-0.3, -0.25) is 0 Å². The van der Waals surface area contributed by atoms with E-state index in [4.69, 9.17) is 0 Å². The van der Waals surface area contributed by atoms with Crippen LogP contribution in [0.3, 0.4) is 0 Å². The highest BCUT2D eigenvalue weighted by Crippen LogP contribution is 2.72. The average Bonchev–Trinajstić information content (AvgIpc) is 1.97. The molecule has 2 aliphatic rings. The third kappa shape index (κ3) is 0.360. The Hall–Kier alpha value is -0.680. The fourth-order valence-corrected chi connectivity index (χ4v) is 1.44. The van der Waals surface area contributed by atoms with E-state index in [2.05, 4.69) is 0 Å². The molecule has 0 bridgehead atoms. The first-order valence-corrected chi connectivity index (χ1v) is 3.04. The van der Waals surface area contributed by atoms with Gasteiger partial charge in [0.2, 0.25) is 11.3 Å². The third-order valence-electron chi connectivity index (χ3n) is 2.38. The van der Waals surface area contributed by atoms with Crippen LogP contribution in [-0.2, 0) is 0 Å². The van der Waals surface area contributed by atoms with E-state index in [0.29, 0.717) is 0 Å². The lowest BCUT2D eigenvalue weighted by Crippen LogP contribution is -2.88. The number of hydrogen-bond donors (Lipinski definition) is 0. The van der Waals surface area contributed by atoms with Crippen LogP contribution in [0.4, 0.5) is 26.3 Å². The van der Waals surface area contributed by atoms with Crippen LogP contribution in [0.2, 0.25) is 0 Å². The van der Waals surface area contributed by atoms with Crippen molar-refractivity contribution in [3.05, 3.63) is 12.2 Å². The molecule has 12 heavy (non-hydrogen) atoms. The molecule has 68 valence electrons. The summed E-state index contributed by atoms with van der Waals surface area (Å²) in [7, 11) is 0. The SMILES string of the molecule is FC1(F)C(F)(F)C2(F)C=CC12F. The lowest BCUT2D eigenvalue weighted by Gasteiger charge is -2.60. The van der Waals surface area contributed by atoms with Gasteiger partial charge < -0.3 is 0 Å². The van der Waals surface area contributed by atoms with E-state index in [1.807, 2.05) is 0 Å². The Morgan fingerprint density at radius 2 is 0.833 bits per heavy atom. The molecule has 0 heterocycles. The largest absolute Gasteiger partial charge is 0.354 e. The van der Waals surface area contributed by atoms with Crippen LogP contribution in [0.1, 0.15) is 0 Å². The van der Waals surface area contributed by atoms with Gasteiger partial charge in [0.25, 0.3) is 0 Å². The second-order valence-electron chi connectivity index (χ2n) is 2.91. The molecular formula is C6H2F6. The minimum absolute atomic E-state index is 0.129. The Kier molecular flexibility index (Phi) is 0.926. The predicted molar refractivity (Wildman–Crippen MR) is 26.7 cm³/mol. The minimum Gasteiger partial charge on any atom is -0.228 e. The Labute approximate surface area is 62.9 Å². The molecule has 2 unspecified atom stereocenters. The molecule has 0 amide bonds. The summed E-state index contributed by atoms with van der Waals surface area (Å²) in [6.07, 6.45) is 0.259. The van der Waals surface area contributed by atoms with Crippen LogP contribution in [-0.4, -0.2) is 23.2 Å². The van der Waals surface area contributed by atoms with Crippen LogP contribution in [0.25, 0.3) is 0 Å². The minimum atomic E-state index is -4.93. The van der Waals surface area contributed by atoms with E-state index in [1.54, 1.807) is 0 Å². The Balaban J connectivity index is 2.54. The predicted octanol–water partition coefficient (Wildman–Crippen LogP) is 2.26. The van der Waals surface area contributed by atoms with Gasteiger partial charge in [-0.1, -0.05) is 0 Å². The smallest absolute Gasteiger partial charge is 0.228 e. The van der Waals surface area contributed by atoms with Crippen molar-refractivity contribution >= 4 is 0 Å². The summed E-state index contributed by atoms with van der Waals surface area (Å²) in [5.41, 5.74) is -7.60. The van der Waals surface area contributed by atoms with E-state index >= 15 is 0 Å². The Morgan fingerprint density at radius 1 is 0.583 bits per heavy atom. The summed E-state index contributed by atoms with van der Waals surface area (Å²) in [6, 6.07) is 0. The number of rotatable bonds is 0. The van der Waals surface area contributed by atoms with E-state index < -0.39 is 23.2 Å². The van der Waals surface area contributed by atoms with Gasteiger partial charge in [-0.05, 0) is 12.2 Å². The van der Waals surface area contributed by atoms with Crippen molar-refractivity contribution in [3.8, 4) is 0 Å². The van der Waals surface area contributed by atoms with Crippen molar-refractivity contribution in [1.82, 2.24) is 0 Å². The second kappa shape index (κ2) is 1.40. The van der Waals surface area contributed by atoms with Gasteiger partial charge >= 0.3 is 11.8 Å². The summed E-state index contributed by atoms with van der Waals surface area (Å²) < 4.78 is 74.2. The lowest BCUT2D eigenvalue weighted by molar-refractivity contribution is -0.419. The van der Waals surface area contributed by atoms with E-state index in [0.717, 1.165) is 0 Å². The monoisotopic (exact) mass is 188 g/mol. The zero-order valence-corrected chi connectivity index (χ0v) is 5.42. The fraction of sp³-hybridized carbons (Fsp3) is 0.667. The van der Waals surface area contributed by atoms with Crippen LogP contribution in [0.5, 0.6) is 0 Å². The molecule has 0 spiro atoms. The molecule has 0 nitrogen and oxygen atoms in total. The van der Waals surface area contributed by atoms with Crippen molar-refractivity contribution in [2.24, 2.45) is 0 Å². The molecule has 2 aliphatic carbocycles. The van der Waals surface area contributed by atoms with Crippen molar-refractivity contribution in [3.63, 3.8) is 0 Å². The first kappa shape index (κ1) is 7.94. The normalized spacial score (nSPS) is 52.2. The van der Waals surface area contributed by atoms with Gasteiger partial charge in [-0.2, -0.15) is 17.6 Å². The molecule has 0 saturated heterocycles. The number of fused-ring (bicyclic) bond motifs is 1. The molecule has 0 aromatic heterocycles. The molecule has 1 saturated carbocycles. The molecule has 2 rings (SSSR count). The Bertz CT molecular complexity index is 254. The van der Waals surface area contributed by atoms with Gasteiger partial charge in [-0.25, -0.2) is 8.78 Å². The number of halogens is 6. The second-order valence-corrected chi connectivity index (χ2v) is 2.91. The Morgan fingerprint density at radius 3 is 0.917 bits per heavy atom. The zero-order chi connectivity index (χ0) is 9.41. The summed E-state index contributed by atoms with van der Waals surface area (Å²) >= 11 is 0. The van der Waals surface area contributed by atoms with E-state index in [9.17, 15) is 26.3 Å². The quantitative estimate of drug-likeness (QED) is 0.404. The highest BCUT2D eigenvalue weighted by Gasteiger charge is 2.99. The van der Waals surface area contributed by atoms with Crippen LogP contribution in [0, 0.1) is 0 Å². The summed E-state index contributed by atoms with van der Waals surface area (Å²) in [5.74, 6) is -9.85. The molecular weight excluding hydrogens is 186 g/mol. The highest BCUT2D eigenvalue weighted by molar-refractivity contribution is 5.51. The first-order chi connectivity index (χ1) is 5.21. The summed E-state index contributed by atoms with van der Waals surface area (Å²) in [4.78, 5) is 0. The van der Waals surface area contributed by atoms with Crippen molar-refractivity contribution in [2.75, 3.05) is 0 Å². The molecule has 2 atom stereocenters. The van der Waals surface area contributed by atoms with Crippen molar-refractivity contribution < 1.29 is 26.3 Å². The van der Waals surface area contributed by atoms with Gasteiger partial charge in [0.1, 0.15) is 0 Å². The maximum Gasteiger partial charge on any atom is 0.354 e. The summed E-state index contributed by atoms with van der Waals surface area (Å²) in [5, 5.41) is 0. The average molecular weight is 188 g/mol. The molecule has 0 radical (unpaired) electrons. The molecule has 0 aliphatic heterocycles. The maximum atomic E-state index is 12.7. The topological polar surface area (TPSA) is 0 Å². The number of allylic oxidation sites excluding steroid dienone is 2. The van der Waals surface area contributed by atoms with Gasteiger partial charge in [-0.15, -0.1) is 0 Å². The van der Waals surface area contributed by atoms with Crippen LogP contribution in [0.15, 0.2) is 12.2 Å². The van der Waals surface area contributed by atoms with E-state index in [-0.39, 0.29) is 12.2 Å². The van der Waals surface area contributed by atoms with Crippen molar-refractivity contribution in [2.45, 2.75) is 23.2 Å². The molecule has 6 heteroatoms. The van der Waals surface area contributed by atoms with Crippen LogP contribution < -0.4 is 0 Å². The first-order valence-electron chi connectivity index (χ1n) is 3.04. The lowest BCUT2D eigenvalue weighted by atomic mass is 9.54. The highest BCUT2D eigenvalue weighted by atomic mass is 19.3. The number of alkyl halides is 6. The summed E-state index contributed by atoms with van der Waals surface area (Å²) in [6.45, 7) is 0. The number of hydrogen-bond acceptors (Lipinski definition) is 0. The van der Waals surface area contributed by atoms with Crippen molar-refractivity contribution in [1.29, 1.82) is 0 Å². The van der Waals surface area contributed by atoms with Gasteiger partial charge in [0.15, 0.2) is 0 Å².